The SMILES string of the molecule is CC(=O)OC[C@H]1O[C@H](OC[C@@H](Cn2cc(CN(c3nc(-c4ccc(C)cc4)no3)C3CCCCC3)nn2)OC(C)=O)C=C[C@@H]1OC(C)=O. The maximum atomic E-state index is 12.0. The summed E-state index contributed by atoms with van der Waals surface area (Å²) in [5, 5.41) is 12.9. The Morgan fingerprint density at radius 3 is 2.50 bits per heavy atom. The van der Waals surface area contributed by atoms with Gasteiger partial charge in [0.05, 0.1) is 25.9 Å². The van der Waals surface area contributed by atoms with Crippen LogP contribution >= 0.6 is 0 Å². The van der Waals surface area contributed by atoms with Crippen molar-refractivity contribution < 1.29 is 42.6 Å². The standard InChI is InChI=1S/C33H42N6O9/c1-21-10-12-25(13-11-21)32-34-33(48-36-32)39(27-8-6-5-7-9-27)17-26-16-38(37-35-26)18-28(45-23(3)41)19-44-31-15-14-29(46-24(4)42)30(47-31)20-43-22(2)40/h10-16,27-31H,5-9,17-20H2,1-4H3/t28-,29+,30-,31+/m1/s1. The number of aryl methyl sites for hydroxylation is 1. The molecule has 0 radical (unpaired) electrons. The molecule has 0 bridgehead atoms. The highest BCUT2D eigenvalue weighted by Gasteiger charge is 2.32. The van der Waals surface area contributed by atoms with E-state index in [4.69, 9.17) is 33.2 Å². The number of hydrogen-bond acceptors (Lipinski definition) is 14. The Morgan fingerprint density at radius 1 is 1.02 bits per heavy atom. The Hall–Kier alpha value is -4.63. The summed E-state index contributed by atoms with van der Waals surface area (Å²) in [5.74, 6) is -0.972. The van der Waals surface area contributed by atoms with Gasteiger partial charge in [-0.1, -0.05) is 59.5 Å². The molecule has 4 atom stereocenters. The van der Waals surface area contributed by atoms with Gasteiger partial charge in [-0.05, 0) is 31.9 Å². The molecule has 2 aliphatic rings. The summed E-state index contributed by atoms with van der Waals surface area (Å²) >= 11 is 0. The van der Waals surface area contributed by atoms with Gasteiger partial charge in [-0.2, -0.15) is 4.98 Å². The van der Waals surface area contributed by atoms with Gasteiger partial charge >= 0.3 is 23.9 Å². The van der Waals surface area contributed by atoms with Crippen molar-refractivity contribution in [2.24, 2.45) is 0 Å². The van der Waals surface area contributed by atoms with Crippen LogP contribution in [0.5, 0.6) is 0 Å². The van der Waals surface area contributed by atoms with Gasteiger partial charge in [0.25, 0.3) is 0 Å². The van der Waals surface area contributed by atoms with Crippen LogP contribution in [0.3, 0.4) is 0 Å². The van der Waals surface area contributed by atoms with Gasteiger partial charge < -0.3 is 33.1 Å². The molecule has 0 N–H and O–H groups in total. The van der Waals surface area contributed by atoms with Crippen LogP contribution in [0, 0.1) is 6.92 Å². The van der Waals surface area contributed by atoms with Crippen molar-refractivity contribution in [1.82, 2.24) is 25.1 Å². The van der Waals surface area contributed by atoms with Crippen molar-refractivity contribution in [1.29, 1.82) is 0 Å². The molecule has 5 rings (SSSR count). The zero-order valence-corrected chi connectivity index (χ0v) is 27.6. The van der Waals surface area contributed by atoms with Crippen molar-refractivity contribution in [2.45, 2.75) is 104 Å². The molecule has 0 amide bonds. The fourth-order valence-corrected chi connectivity index (χ4v) is 5.70. The molecule has 3 heterocycles. The highest BCUT2D eigenvalue weighted by Crippen LogP contribution is 2.29. The van der Waals surface area contributed by atoms with E-state index in [1.807, 2.05) is 31.2 Å². The number of ether oxygens (including phenoxy) is 5. The van der Waals surface area contributed by atoms with Crippen LogP contribution < -0.4 is 4.90 Å². The van der Waals surface area contributed by atoms with Crippen LogP contribution in [0.2, 0.25) is 0 Å². The average molecular weight is 667 g/mol. The molecule has 0 spiro atoms. The molecule has 15 nitrogen and oxygen atoms in total. The molecule has 2 aromatic heterocycles. The predicted molar refractivity (Wildman–Crippen MR) is 169 cm³/mol. The first kappa shape index (κ1) is 34.7. The van der Waals surface area contributed by atoms with Crippen LogP contribution in [0.1, 0.15) is 64.1 Å². The molecule has 258 valence electrons. The summed E-state index contributed by atoms with van der Waals surface area (Å²) in [6.07, 6.45) is 7.28. The lowest BCUT2D eigenvalue weighted by Gasteiger charge is -2.32. The Balaban J connectivity index is 1.24. The lowest BCUT2D eigenvalue weighted by molar-refractivity contribution is -0.205. The number of benzene rings is 1. The second kappa shape index (κ2) is 16.5. The highest BCUT2D eigenvalue weighted by molar-refractivity contribution is 5.67. The zero-order chi connectivity index (χ0) is 34.0. The molecule has 0 saturated heterocycles. The maximum Gasteiger partial charge on any atom is 0.325 e. The first-order valence-electron chi connectivity index (χ1n) is 16.1. The van der Waals surface area contributed by atoms with Crippen LogP contribution in [-0.2, 0) is 51.2 Å². The number of carbonyl (C=O) groups excluding carboxylic acids is 3. The minimum atomic E-state index is -0.870. The predicted octanol–water partition coefficient (Wildman–Crippen LogP) is 3.70. The topological polar surface area (TPSA) is 170 Å². The Kier molecular flexibility index (Phi) is 11.9. The fraction of sp³-hybridized carbons (Fsp3) is 0.545. The number of rotatable bonds is 14. The van der Waals surface area contributed by atoms with E-state index in [-0.39, 0.29) is 25.8 Å². The first-order valence-corrected chi connectivity index (χ1v) is 16.1. The quantitative estimate of drug-likeness (QED) is 0.139. The summed E-state index contributed by atoms with van der Waals surface area (Å²) in [5.41, 5.74) is 2.71. The molecule has 3 aromatic rings. The van der Waals surface area contributed by atoms with Crippen molar-refractivity contribution >= 4 is 23.9 Å². The summed E-state index contributed by atoms with van der Waals surface area (Å²) in [6, 6.07) is 8.62. The van der Waals surface area contributed by atoms with E-state index in [1.54, 1.807) is 23.0 Å². The Labute approximate surface area is 278 Å². The molecular weight excluding hydrogens is 624 g/mol. The van der Waals surface area contributed by atoms with Gasteiger partial charge in [-0.25, -0.2) is 4.68 Å². The normalized spacial score (nSPS) is 20.2. The van der Waals surface area contributed by atoms with Gasteiger partial charge in [0.2, 0.25) is 5.82 Å². The van der Waals surface area contributed by atoms with Gasteiger partial charge in [-0.3, -0.25) is 14.4 Å². The molecular formula is C33H42N6O9. The fourth-order valence-electron chi connectivity index (χ4n) is 5.70. The average Bonchev–Trinajstić information content (AvgIpc) is 3.72. The van der Waals surface area contributed by atoms with E-state index < -0.39 is 42.5 Å². The largest absolute Gasteiger partial charge is 0.463 e. The third kappa shape index (κ3) is 9.94. The number of aromatic nitrogens is 5. The van der Waals surface area contributed by atoms with Crippen molar-refractivity contribution in [3.8, 4) is 11.4 Å². The van der Waals surface area contributed by atoms with Crippen LogP contribution in [0.25, 0.3) is 11.4 Å². The molecule has 15 heteroatoms. The summed E-state index contributed by atoms with van der Waals surface area (Å²) in [4.78, 5) is 41.7. The number of nitrogens with zero attached hydrogens (tertiary/aromatic N) is 6. The Morgan fingerprint density at radius 2 is 1.79 bits per heavy atom. The highest BCUT2D eigenvalue weighted by atomic mass is 16.7. The van der Waals surface area contributed by atoms with Gasteiger partial charge in [0.15, 0.2) is 6.29 Å². The number of hydrogen-bond donors (Lipinski definition) is 0. The number of carbonyl (C=O) groups is 3. The molecule has 1 aliphatic heterocycles. The second-order valence-electron chi connectivity index (χ2n) is 12.0. The molecule has 1 fully saturated rings. The monoisotopic (exact) mass is 666 g/mol. The minimum Gasteiger partial charge on any atom is -0.463 e. The van der Waals surface area contributed by atoms with E-state index in [9.17, 15) is 14.4 Å². The van der Waals surface area contributed by atoms with Crippen LogP contribution in [-0.4, -0.2) is 86.9 Å². The second-order valence-corrected chi connectivity index (χ2v) is 12.0. The number of esters is 3. The van der Waals surface area contributed by atoms with Gasteiger partial charge in [-0.15, -0.1) is 5.10 Å². The minimum absolute atomic E-state index is 0.0414. The van der Waals surface area contributed by atoms with Gasteiger partial charge in [0.1, 0.15) is 30.6 Å². The smallest absolute Gasteiger partial charge is 0.325 e. The lowest BCUT2D eigenvalue weighted by Crippen LogP contribution is -2.43. The van der Waals surface area contributed by atoms with Crippen molar-refractivity contribution in [3.63, 3.8) is 0 Å². The maximum absolute atomic E-state index is 12.0. The Bertz CT molecular complexity index is 1550. The van der Waals surface area contributed by atoms with Crippen LogP contribution in [0.4, 0.5) is 6.01 Å². The first-order chi connectivity index (χ1) is 23.1. The van der Waals surface area contributed by atoms with E-state index in [2.05, 4.69) is 20.4 Å². The van der Waals surface area contributed by atoms with Crippen molar-refractivity contribution in [2.75, 3.05) is 18.1 Å². The van der Waals surface area contributed by atoms with E-state index >= 15 is 0 Å². The van der Waals surface area contributed by atoms with E-state index in [1.165, 1.54) is 27.2 Å². The number of anilines is 1. The third-order valence-corrected chi connectivity index (χ3v) is 7.96. The molecule has 1 aliphatic carbocycles. The molecule has 1 aromatic carbocycles. The van der Waals surface area contributed by atoms with Gasteiger partial charge in [0, 0.05) is 32.4 Å². The van der Waals surface area contributed by atoms with E-state index in [0.717, 1.165) is 36.8 Å². The summed E-state index contributed by atoms with van der Waals surface area (Å²) < 4.78 is 35.0. The molecule has 1 saturated carbocycles. The van der Waals surface area contributed by atoms with E-state index in [0.29, 0.717) is 24.1 Å². The summed E-state index contributed by atoms with van der Waals surface area (Å²) in [7, 11) is 0. The van der Waals surface area contributed by atoms with Crippen LogP contribution in [0.15, 0.2) is 47.1 Å². The third-order valence-electron chi connectivity index (χ3n) is 7.96. The zero-order valence-electron chi connectivity index (χ0n) is 27.6. The molecule has 0 unspecified atom stereocenters. The lowest BCUT2D eigenvalue weighted by atomic mass is 9.94. The summed E-state index contributed by atoms with van der Waals surface area (Å²) in [6.45, 7) is 6.28. The molecule has 48 heavy (non-hydrogen) atoms. The van der Waals surface area contributed by atoms with Crippen molar-refractivity contribution in [3.05, 3.63) is 53.9 Å².